The molecule has 148 valence electrons. The molecule has 0 amide bonds. The fraction of sp³-hybridized carbons (Fsp3) is 0.632. The monoisotopic (exact) mass is 479 g/mol. The first kappa shape index (κ1) is 23.1. The van der Waals surface area contributed by atoms with Crippen molar-refractivity contribution in [2.75, 3.05) is 46.6 Å². The summed E-state index contributed by atoms with van der Waals surface area (Å²) in [5, 5.41) is 6.56. The number of rotatable bonds is 10. The first-order chi connectivity index (χ1) is 12.3. The molecule has 1 heterocycles. The molecule has 0 aliphatic carbocycles. The van der Waals surface area contributed by atoms with Crippen LogP contribution in [0.4, 0.5) is 4.39 Å². The highest BCUT2D eigenvalue weighted by molar-refractivity contribution is 14.0. The summed E-state index contributed by atoms with van der Waals surface area (Å²) in [5.41, 5.74) is 1.02. The van der Waals surface area contributed by atoms with Crippen molar-refractivity contribution in [1.82, 2.24) is 10.6 Å². The highest BCUT2D eigenvalue weighted by Crippen LogP contribution is 2.12. The second-order valence-corrected chi connectivity index (χ2v) is 6.32. The molecule has 1 aliphatic heterocycles. The predicted octanol–water partition coefficient (Wildman–Crippen LogP) is 2.98. The van der Waals surface area contributed by atoms with Crippen LogP contribution in [0.15, 0.2) is 29.3 Å². The Morgan fingerprint density at radius 1 is 1.31 bits per heavy atom. The summed E-state index contributed by atoms with van der Waals surface area (Å²) in [7, 11) is 1.76. The normalized spacial score (nSPS) is 17.0. The molecule has 5 nitrogen and oxygen atoms in total. The first-order valence-electron chi connectivity index (χ1n) is 9.12. The van der Waals surface area contributed by atoms with E-state index in [9.17, 15) is 4.39 Å². The number of halogens is 2. The van der Waals surface area contributed by atoms with E-state index in [1.54, 1.807) is 19.2 Å². The fourth-order valence-electron chi connectivity index (χ4n) is 2.76. The Labute approximate surface area is 173 Å². The summed E-state index contributed by atoms with van der Waals surface area (Å²) in [6.07, 6.45) is 3.83. The predicted molar refractivity (Wildman–Crippen MR) is 114 cm³/mol. The minimum Gasteiger partial charge on any atom is -0.381 e. The highest BCUT2D eigenvalue weighted by atomic mass is 127. The number of nitrogens with one attached hydrogen (secondary N) is 2. The van der Waals surface area contributed by atoms with Crippen molar-refractivity contribution < 1.29 is 13.9 Å². The van der Waals surface area contributed by atoms with Crippen molar-refractivity contribution in [3.63, 3.8) is 0 Å². The molecular weight excluding hydrogens is 448 g/mol. The third kappa shape index (κ3) is 9.68. The Balaban J connectivity index is 0.00000338. The topological polar surface area (TPSA) is 54.9 Å². The number of aliphatic imine (C=N–C) groups is 1. The number of ether oxygens (including phenoxy) is 2. The van der Waals surface area contributed by atoms with E-state index in [1.807, 2.05) is 6.07 Å². The van der Waals surface area contributed by atoms with E-state index < -0.39 is 0 Å². The van der Waals surface area contributed by atoms with E-state index in [0.717, 1.165) is 76.7 Å². The van der Waals surface area contributed by atoms with Gasteiger partial charge < -0.3 is 20.1 Å². The van der Waals surface area contributed by atoms with Crippen molar-refractivity contribution in [3.05, 3.63) is 35.6 Å². The molecule has 26 heavy (non-hydrogen) atoms. The molecule has 0 aromatic heterocycles. The lowest BCUT2D eigenvalue weighted by molar-refractivity contribution is 0.0888. The standard InChI is InChI=1S/C19H30FN3O2.HI/c1-21-19(22-9-3-6-16-5-2-7-18(20)13-16)23-10-4-11-24-14-17-8-12-25-15-17;/h2,5,7,13,17H,3-4,6,8-12,14-15H2,1H3,(H2,21,22,23);1H. The van der Waals surface area contributed by atoms with Gasteiger partial charge in [0, 0.05) is 39.3 Å². The van der Waals surface area contributed by atoms with Crippen LogP contribution in [-0.4, -0.2) is 52.5 Å². The van der Waals surface area contributed by atoms with Gasteiger partial charge >= 0.3 is 0 Å². The maximum atomic E-state index is 13.1. The maximum absolute atomic E-state index is 13.1. The van der Waals surface area contributed by atoms with Crippen LogP contribution in [0.25, 0.3) is 0 Å². The molecule has 2 rings (SSSR count). The SMILES string of the molecule is CN=C(NCCCOCC1CCOC1)NCCCc1cccc(F)c1.I. The van der Waals surface area contributed by atoms with E-state index in [0.29, 0.717) is 5.92 Å². The molecule has 0 bridgehead atoms. The van der Waals surface area contributed by atoms with Gasteiger partial charge in [0.05, 0.1) is 13.2 Å². The highest BCUT2D eigenvalue weighted by Gasteiger charge is 2.15. The molecular formula is C19H31FIN3O2. The number of guanidine groups is 1. The van der Waals surface area contributed by atoms with Gasteiger partial charge in [0.2, 0.25) is 0 Å². The Morgan fingerprint density at radius 3 is 2.81 bits per heavy atom. The van der Waals surface area contributed by atoms with Crippen LogP contribution >= 0.6 is 24.0 Å². The molecule has 0 saturated carbocycles. The Kier molecular flexibility index (Phi) is 12.6. The van der Waals surface area contributed by atoms with Crippen LogP contribution in [-0.2, 0) is 15.9 Å². The molecule has 7 heteroatoms. The minimum atomic E-state index is -0.175. The van der Waals surface area contributed by atoms with Gasteiger partial charge in [-0.1, -0.05) is 12.1 Å². The number of hydrogen-bond acceptors (Lipinski definition) is 3. The molecule has 0 spiro atoms. The van der Waals surface area contributed by atoms with Gasteiger partial charge in [0.15, 0.2) is 5.96 Å². The second kappa shape index (κ2) is 14.2. The average molecular weight is 479 g/mol. The van der Waals surface area contributed by atoms with E-state index in [4.69, 9.17) is 9.47 Å². The lowest BCUT2D eigenvalue weighted by Gasteiger charge is -2.12. The van der Waals surface area contributed by atoms with Crippen molar-refractivity contribution >= 4 is 29.9 Å². The summed E-state index contributed by atoms with van der Waals surface area (Å²) < 4.78 is 24.1. The third-order valence-corrected chi connectivity index (χ3v) is 4.18. The largest absolute Gasteiger partial charge is 0.381 e. The quantitative estimate of drug-likeness (QED) is 0.235. The Morgan fingerprint density at radius 2 is 2.12 bits per heavy atom. The van der Waals surface area contributed by atoms with Crippen LogP contribution in [0, 0.1) is 11.7 Å². The molecule has 2 N–H and O–H groups in total. The Bertz CT molecular complexity index is 525. The van der Waals surface area contributed by atoms with Gasteiger partial charge in [-0.2, -0.15) is 0 Å². The number of benzene rings is 1. The van der Waals surface area contributed by atoms with Gasteiger partial charge in [0.25, 0.3) is 0 Å². The molecule has 1 unspecified atom stereocenters. The lowest BCUT2D eigenvalue weighted by Crippen LogP contribution is -2.38. The number of nitrogens with zero attached hydrogens (tertiary/aromatic N) is 1. The van der Waals surface area contributed by atoms with E-state index in [2.05, 4.69) is 15.6 Å². The molecule has 1 atom stereocenters. The summed E-state index contributed by atoms with van der Waals surface area (Å²) >= 11 is 0. The van der Waals surface area contributed by atoms with E-state index >= 15 is 0 Å². The van der Waals surface area contributed by atoms with Crippen molar-refractivity contribution in [2.45, 2.75) is 25.7 Å². The van der Waals surface area contributed by atoms with Crippen LogP contribution < -0.4 is 10.6 Å². The fourth-order valence-corrected chi connectivity index (χ4v) is 2.76. The van der Waals surface area contributed by atoms with Crippen molar-refractivity contribution in [2.24, 2.45) is 10.9 Å². The molecule has 1 aliphatic rings. The van der Waals surface area contributed by atoms with Crippen LogP contribution in [0.1, 0.15) is 24.8 Å². The smallest absolute Gasteiger partial charge is 0.190 e. The van der Waals surface area contributed by atoms with Crippen LogP contribution in [0.5, 0.6) is 0 Å². The van der Waals surface area contributed by atoms with Crippen LogP contribution in [0.3, 0.4) is 0 Å². The zero-order valence-corrected chi connectivity index (χ0v) is 17.8. The van der Waals surface area contributed by atoms with E-state index in [1.165, 1.54) is 6.07 Å². The summed E-state index contributed by atoms with van der Waals surface area (Å²) in [5.74, 6) is 1.19. The van der Waals surface area contributed by atoms with Crippen molar-refractivity contribution in [3.8, 4) is 0 Å². The van der Waals surface area contributed by atoms with E-state index in [-0.39, 0.29) is 29.8 Å². The first-order valence-corrected chi connectivity index (χ1v) is 9.12. The van der Waals surface area contributed by atoms with Crippen LogP contribution in [0.2, 0.25) is 0 Å². The number of aryl methyl sites for hydroxylation is 1. The van der Waals surface area contributed by atoms with Gasteiger partial charge in [-0.05, 0) is 43.4 Å². The summed E-state index contributed by atoms with van der Waals surface area (Å²) in [6, 6.07) is 6.76. The minimum absolute atomic E-state index is 0. The van der Waals surface area contributed by atoms with Gasteiger partial charge in [0.1, 0.15) is 5.82 Å². The average Bonchev–Trinajstić information content (AvgIpc) is 3.13. The van der Waals surface area contributed by atoms with Gasteiger partial charge in [-0.3, -0.25) is 4.99 Å². The summed E-state index contributed by atoms with van der Waals surface area (Å²) in [4.78, 5) is 4.20. The Hall–Kier alpha value is -0.930. The zero-order chi connectivity index (χ0) is 17.7. The van der Waals surface area contributed by atoms with Crippen molar-refractivity contribution in [1.29, 1.82) is 0 Å². The molecule has 0 radical (unpaired) electrons. The molecule has 1 fully saturated rings. The van der Waals surface area contributed by atoms with Gasteiger partial charge in [-0.25, -0.2) is 4.39 Å². The maximum Gasteiger partial charge on any atom is 0.190 e. The molecule has 1 saturated heterocycles. The number of hydrogen-bond donors (Lipinski definition) is 2. The molecule has 1 aromatic rings. The van der Waals surface area contributed by atoms with Gasteiger partial charge in [-0.15, -0.1) is 24.0 Å². The zero-order valence-electron chi connectivity index (χ0n) is 15.5. The summed E-state index contributed by atoms with van der Waals surface area (Å²) in [6.45, 7) is 4.88. The third-order valence-electron chi connectivity index (χ3n) is 4.18. The molecule has 1 aromatic carbocycles. The second-order valence-electron chi connectivity index (χ2n) is 6.32. The lowest BCUT2D eigenvalue weighted by atomic mass is 10.1.